The van der Waals surface area contributed by atoms with E-state index >= 15 is 0 Å². The molecule has 0 heterocycles. The lowest BCUT2D eigenvalue weighted by molar-refractivity contribution is -0.131. The summed E-state index contributed by atoms with van der Waals surface area (Å²) in [5, 5.41) is 0. The topological polar surface area (TPSA) is 55.8 Å². The Labute approximate surface area is 160 Å². The molecule has 0 saturated heterocycles. The normalized spacial score (nSPS) is 10.8. The summed E-state index contributed by atoms with van der Waals surface area (Å²) in [6.45, 7) is 3.08. The highest BCUT2D eigenvalue weighted by Crippen LogP contribution is 2.26. The monoisotopic (exact) mass is 367 g/mol. The molecule has 0 aliphatic rings. The lowest BCUT2D eigenvalue weighted by atomic mass is 9.90. The van der Waals surface area contributed by atoms with Gasteiger partial charge < -0.3 is 14.4 Å². The summed E-state index contributed by atoms with van der Waals surface area (Å²) in [6, 6.07) is 19.6. The van der Waals surface area contributed by atoms with E-state index in [-0.39, 0.29) is 18.4 Å². The number of likely N-dealkylation sites (N-methyl/N-ethyl adjacent to an activating group) is 1. The maximum atomic E-state index is 13.3. The van der Waals surface area contributed by atoms with Crippen LogP contribution in [0.25, 0.3) is 0 Å². The molecule has 0 spiro atoms. The van der Waals surface area contributed by atoms with Crippen molar-refractivity contribution >= 4 is 12.1 Å². The second-order valence-electron chi connectivity index (χ2n) is 5.87. The molecular formula is C22H25NO4. The molecule has 0 atom stereocenters. The molecule has 0 aromatic heterocycles. The lowest BCUT2D eigenvalue weighted by Crippen LogP contribution is -2.35. The summed E-state index contributed by atoms with van der Waals surface area (Å²) in [4.78, 5) is 26.0. The molecule has 5 heteroatoms. The fourth-order valence-corrected chi connectivity index (χ4v) is 2.77. The molecule has 0 unspecified atom stereocenters. The molecule has 0 saturated carbocycles. The predicted molar refractivity (Wildman–Crippen MR) is 104 cm³/mol. The van der Waals surface area contributed by atoms with Gasteiger partial charge >= 0.3 is 6.16 Å². The minimum absolute atomic E-state index is 0.0356. The highest BCUT2D eigenvalue weighted by Gasteiger charge is 2.26. The Hall–Kier alpha value is -3.08. The minimum Gasteiger partial charge on any atom is -0.438 e. The van der Waals surface area contributed by atoms with E-state index < -0.39 is 6.16 Å². The van der Waals surface area contributed by atoms with Gasteiger partial charge in [-0.2, -0.15) is 0 Å². The number of hydrogen-bond donors (Lipinski definition) is 0. The number of ether oxygens (including phenoxy) is 2. The molecule has 1 amide bonds. The molecule has 0 radical (unpaired) electrons. The summed E-state index contributed by atoms with van der Waals surface area (Å²) < 4.78 is 9.21. The summed E-state index contributed by atoms with van der Waals surface area (Å²) in [5.74, 6) is -0.319. The third-order valence-electron chi connectivity index (χ3n) is 4.16. The molecule has 0 fully saturated rings. The molecule has 0 bridgehead atoms. The van der Waals surface area contributed by atoms with Crippen molar-refractivity contribution in [3.8, 4) is 0 Å². The van der Waals surface area contributed by atoms with Crippen LogP contribution in [0.1, 0.15) is 24.0 Å². The van der Waals surface area contributed by atoms with Crippen molar-refractivity contribution in [1.29, 1.82) is 0 Å². The summed E-state index contributed by atoms with van der Waals surface area (Å²) in [7, 11) is 1.26. The number of carbonyl (C=O) groups excluding carboxylic acids is 2. The molecule has 0 aliphatic heterocycles. The summed E-state index contributed by atoms with van der Waals surface area (Å²) in [5.41, 5.74) is 1.93. The molecule has 27 heavy (non-hydrogen) atoms. The predicted octanol–water partition coefficient (Wildman–Crippen LogP) is 4.01. The SMILES string of the molecule is CCN(C/C=C\COC(=O)OC)C(=O)C(c1ccccc1)c1ccccc1. The smallest absolute Gasteiger partial charge is 0.438 e. The van der Waals surface area contributed by atoms with Gasteiger partial charge in [-0.25, -0.2) is 4.79 Å². The first-order valence-electron chi connectivity index (χ1n) is 8.91. The average molecular weight is 367 g/mol. The number of rotatable bonds is 8. The Morgan fingerprint density at radius 3 is 2.00 bits per heavy atom. The van der Waals surface area contributed by atoms with E-state index in [0.29, 0.717) is 13.1 Å². The molecule has 0 N–H and O–H groups in total. The van der Waals surface area contributed by atoms with E-state index in [9.17, 15) is 9.59 Å². The molecule has 142 valence electrons. The number of nitrogens with zero attached hydrogens (tertiary/aromatic N) is 1. The van der Waals surface area contributed by atoms with Crippen molar-refractivity contribution in [3.63, 3.8) is 0 Å². The highest BCUT2D eigenvalue weighted by molar-refractivity contribution is 5.87. The Morgan fingerprint density at radius 2 is 1.52 bits per heavy atom. The molecule has 2 rings (SSSR count). The van der Waals surface area contributed by atoms with Gasteiger partial charge in [-0.3, -0.25) is 4.79 Å². The van der Waals surface area contributed by atoms with Gasteiger partial charge in [0.15, 0.2) is 0 Å². The Bertz CT molecular complexity index is 704. The summed E-state index contributed by atoms with van der Waals surface area (Å²) in [6.07, 6.45) is 2.79. The van der Waals surface area contributed by atoms with Crippen LogP contribution < -0.4 is 0 Å². The standard InChI is InChI=1S/C22H25NO4/c1-3-23(16-10-11-17-27-22(25)26-2)21(24)20(18-12-6-4-7-13-18)19-14-8-5-9-15-19/h4-15,20H,3,16-17H2,1-2H3/b11-10-. The van der Waals surface area contributed by atoms with Gasteiger partial charge in [0.05, 0.1) is 13.0 Å². The van der Waals surface area contributed by atoms with Gasteiger partial charge in [-0.1, -0.05) is 66.7 Å². The Kier molecular flexibility index (Phi) is 8.10. The Balaban J connectivity index is 2.13. The molecule has 0 aliphatic carbocycles. The van der Waals surface area contributed by atoms with Crippen molar-refractivity contribution < 1.29 is 19.1 Å². The number of carbonyl (C=O) groups is 2. The van der Waals surface area contributed by atoms with E-state index in [1.54, 1.807) is 11.0 Å². The molecular weight excluding hydrogens is 342 g/mol. The van der Waals surface area contributed by atoms with Crippen molar-refractivity contribution in [3.05, 3.63) is 83.9 Å². The van der Waals surface area contributed by atoms with Gasteiger partial charge in [0, 0.05) is 13.1 Å². The van der Waals surface area contributed by atoms with Gasteiger partial charge in [0.25, 0.3) is 0 Å². The lowest BCUT2D eigenvalue weighted by Gasteiger charge is -2.26. The Morgan fingerprint density at radius 1 is 0.963 bits per heavy atom. The third-order valence-corrected chi connectivity index (χ3v) is 4.16. The zero-order valence-corrected chi connectivity index (χ0v) is 15.7. The van der Waals surface area contributed by atoms with E-state index in [1.165, 1.54) is 7.11 Å². The summed E-state index contributed by atoms with van der Waals surface area (Å²) >= 11 is 0. The fourth-order valence-electron chi connectivity index (χ4n) is 2.77. The maximum Gasteiger partial charge on any atom is 0.508 e. The van der Waals surface area contributed by atoms with Crippen LogP contribution in [0.2, 0.25) is 0 Å². The van der Waals surface area contributed by atoms with Gasteiger partial charge in [-0.15, -0.1) is 0 Å². The first kappa shape index (κ1) is 20.2. The first-order chi connectivity index (χ1) is 13.2. The molecule has 5 nitrogen and oxygen atoms in total. The second-order valence-corrected chi connectivity index (χ2v) is 5.87. The minimum atomic E-state index is -0.726. The van der Waals surface area contributed by atoms with Crippen LogP contribution in [0.3, 0.4) is 0 Å². The average Bonchev–Trinajstić information content (AvgIpc) is 2.72. The van der Waals surface area contributed by atoms with Crippen LogP contribution in [0.15, 0.2) is 72.8 Å². The number of methoxy groups -OCH3 is 1. The zero-order chi connectivity index (χ0) is 19.5. The maximum absolute atomic E-state index is 13.3. The number of hydrogen-bond acceptors (Lipinski definition) is 4. The quantitative estimate of drug-likeness (QED) is 0.523. The third kappa shape index (κ3) is 5.99. The van der Waals surface area contributed by atoms with E-state index in [1.807, 2.05) is 73.7 Å². The number of amides is 1. The van der Waals surface area contributed by atoms with Crippen LogP contribution in [0.5, 0.6) is 0 Å². The highest BCUT2D eigenvalue weighted by atomic mass is 16.7. The molecule has 2 aromatic carbocycles. The van der Waals surface area contributed by atoms with Crippen molar-refractivity contribution in [2.75, 3.05) is 26.8 Å². The van der Waals surface area contributed by atoms with E-state index in [2.05, 4.69) is 4.74 Å². The second kappa shape index (κ2) is 10.8. The van der Waals surface area contributed by atoms with Crippen molar-refractivity contribution in [2.24, 2.45) is 0 Å². The van der Waals surface area contributed by atoms with Gasteiger partial charge in [0.2, 0.25) is 5.91 Å². The van der Waals surface area contributed by atoms with Crippen LogP contribution in [0, 0.1) is 0 Å². The van der Waals surface area contributed by atoms with Crippen LogP contribution in [0.4, 0.5) is 4.79 Å². The van der Waals surface area contributed by atoms with E-state index in [4.69, 9.17) is 4.74 Å². The largest absolute Gasteiger partial charge is 0.508 e. The van der Waals surface area contributed by atoms with Crippen molar-refractivity contribution in [2.45, 2.75) is 12.8 Å². The van der Waals surface area contributed by atoms with E-state index in [0.717, 1.165) is 11.1 Å². The zero-order valence-electron chi connectivity index (χ0n) is 15.7. The molecule has 2 aromatic rings. The van der Waals surface area contributed by atoms with Crippen LogP contribution >= 0.6 is 0 Å². The first-order valence-corrected chi connectivity index (χ1v) is 8.91. The van der Waals surface area contributed by atoms with Gasteiger partial charge in [0.1, 0.15) is 6.61 Å². The van der Waals surface area contributed by atoms with Gasteiger partial charge in [-0.05, 0) is 24.1 Å². The van der Waals surface area contributed by atoms with Crippen LogP contribution in [-0.2, 0) is 14.3 Å². The van der Waals surface area contributed by atoms with Crippen LogP contribution in [-0.4, -0.2) is 43.8 Å². The van der Waals surface area contributed by atoms with Crippen molar-refractivity contribution in [1.82, 2.24) is 4.90 Å². The number of benzene rings is 2. The fraction of sp³-hybridized carbons (Fsp3) is 0.273.